The van der Waals surface area contributed by atoms with Gasteiger partial charge < -0.3 is 0 Å². The van der Waals surface area contributed by atoms with E-state index in [1.807, 2.05) is 65.4 Å². The van der Waals surface area contributed by atoms with Gasteiger partial charge in [-0.05, 0) is 34.5 Å². The lowest BCUT2D eigenvalue weighted by atomic mass is 10.1. The third-order valence-electron chi connectivity index (χ3n) is 4.68. The topological polar surface area (TPSA) is 57.1 Å². The molecule has 0 fully saturated rings. The smallest absolute Gasteiger partial charge is 0.276 e. The molecule has 2 aliphatic rings. The highest BCUT2D eigenvalue weighted by Gasteiger charge is 2.34. The summed E-state index contributed by atoms with van der Waals surface area (Å²) in [5.74, 6) is 0.433. The van der Waals surface area contributed by atoms with Crippen molar-refractivity contribution in [2.45, 2.75) is 11.9 Å². The van der Waals surface area contributed by atoms with E-state index in [4.69, 9.17) is 21.7 Å². The van der Waals surface area contributed by atoms with E-state index in [1.165, 1.54) is 11.8 Å². The summed E-state index contributed by atoms with van der Waals surface area (Å²) in [5, 5.41) is 16.3. The number of thiophene rings is 1. The summed E-state index contributed by atoms with van der Waals surface area (Å²) in [7, 11) is 0. The first-order valence-corrected chi connectivity index (χ1v) is 11.3. The van der Waals surface area contributed by atoms with Crippen LogP contribution < -0.4 is 15.9 Å². The molecule has 3 aromatic rings. The van der Waals surface area contributed by atoms with E-state index in [2.05, 4.69) is 5.32 Å². The van der Waals surface area contributed by atoms with Crippen LogP contribution in [-0.2, 0) is 10.5 Å². The first-order valence-electron chi connectivity index (χ1n) is 8.95. The van der Waals surface area contributed by atoms with Gasteiger partial charge in [-0.3, -0.25) is 15.1 Å². The van der Waals surface area contributed by atoms with Crippen LogP contribution in [0.2, 0.25) is 5.02 Å². The lowest BCUT2D eigenvalue weighted by molar-refractivity contribution is -0.116. The third-order valence-corrected chi connectivity index (χ3v) is 6.66. The number of fused-ring (bicyclic) bond motifs is 2. The van der Waals surface area contributed by atoms with E-state index in [0.717, 1.165) is 21.7 Å². The van der Waals surface area contributed by atoms with Gasteiger partial charge in [0.15, 0.2) is 11.3 Å². The van der Waals surface area contributed by atoms with Crippen molar-refractivity contribution >= 4 is 51.5 Å². The SMILES string of the molecule is O=C1NC(SCc2ccccc2Cl)=NN2C1=c1ccccc1=N[C@@H]2c1ccsc1. The molecule has 1 atom stereocenters. The third kappa shape index (κ3) is 3.46. The molecule has 144 valence electrons. The molecule has 3 heterocycles. The summed E-state index contributed by atoms with van der Waals surface area (Å²) in [5.41, 5.74) is 2.53. The van der Waals surface area contributed by atoms with Crippen LogP contribution in [0.15, 0.2) is 75.5 Å². The zero-order valence-corrected chi connectivity index (χ0v) is 17.5. The fourth-order valence-corrected chi connectivity index (χ4v) is 5.10. The summed E-state index contributed by atoms with van der Waals surface area (Å²) in [6.45, 7) is 0. The Balaban J connectivity index is 1.55. The molecule has 1 aromatic heterocycles. The first-order chi connectivity index (χ1) is 14.2. The maximum atomic E-state index is 13.0. The molecule has 0 saturated heterocycles. The molecule has 5 nitrogen and oxygen atoms in total. The van der Waals surface area contributed by atoms with E-state index in [1.54, 1.807) is 16.3 Å². The molecule has 0 saturated carbocycles. The number of hydrazone groups is 1. The van der Waals surface area contributed by atoms with E-state index in [-0.39, 0.29) is 12.1 Å². The number of para-hydroxylation sites is 1. The Morgan fingerprint density at radius 2 is 1.97 bits per heavy atom. The summed E-state index contributed by atoms with van der Waals surface area (Å²) in [6.07, 6.45) is -0.367. The van der Waals surface area contributed by atoms with E-state index in [0.29, 0.717) is 21.6 Å². The van der Waals surface area contributed by atoms with Crippen LogP contribution in [0, 0.1) is 0 Å². The molecule has 29 heavy (non-hydrogen) atoms. The molecular weight excluding hydrogens is 424 g/mol. The maximum Gasteiger partial charge on any atom is 0.276 e. The number of hydrogen-bond donors (Lipinski definition) is 1. The minimum absolute atomic E-state index is 0.177. The molecule has 1 amide bonds. The molecule has 0 spiro atoms. The molecule has 0 bridgehead atoms. The van der Waals surface area contributed by atoms with Crippen molar-refractivity contribution in [1.82, 2.24) is 10.3 Å². The summed E-state index contributed by atoms with van der Waals surface area (Å²) < 4.78 is 0. The molecule has 0 unspecified atom stereocenters. The van der Waals surface area contributed by atoms with Gasteiger partial charge in [-0.1, -0.05) is 59.8 Å². The second-order valence-corrected chi connectivity index (χ2v) is 8.66. The normalized spacial score (nSPS) is 17.8. The molecule has 1 N–H and O–H groups in total. The van der Waals surface area contributed by atoms with Crippen LogP contribution in [0.25, 0.3) is 5.70 Å². The van der Waals surface area contributed by atoms with Gasteiger partial charge >= 0.3 is 0 Å². The maximum absolute atomic E-state index is 13.0. The van der Waals surface area contributed by atoms with Crippen molar-refractivity contribution in [2.75, 3.05) is 0 Å². The first kappa shape index (κ1) is 18.4. The number of carbonyl (C=O) groups excluding carboxylic acids is 1. The van der Waals surface area contributed by atoms with Crippen molar-refractivity contribution in [3.8, 4) is 0 Å². The monoisotopic (exact) mass is 438 g/mol. The largest absolute Gasteiger partial charge is 0.298 e. The number of nitrogens with one attached hydrogen (secondary N) is 1. The second-order valence-electron chi connectivity index (χ2n) is 6.51. The van der Waals surface area contributed by atoms with Gasteiger partial charge in [-0.15, -0.1) is 5.10 Å². The summed E-state index contributed by atoms with van der Waals surface area (Å²) >= 11 is 9.30. The number of carbonyl (C=O) groups is 1. The molecule has 2 aliphatic heterocycles. The molecular formula is C21H15ClN4OS2. The highest BCUT2D eigenvalue weighted by molar-refractivity contribution is 8.13. The Morgan fingerprint density at radius 3 is 2.79 bits per heavy atom. The minimum atomic E-state index is -0.367. The summed E-state index contributed by atoms with van der Waals surface area (Å²) in [4.78, 5) is 17.9. The second kappa shape index (κ2) is 7.67. The fraction of sp³-hybridized carbons (Fsp3) is 0.0952. The zero-order chi connectivity index (χ0) is 19.8. The van der Waals surface area contributed by atoms with Gasteiger partial charge in [0.05, 0.1) is 5.36 Å². The number of amides is 1. The number of halogens is 1. The predicted octanol–water partition coefficient (Wildman–Crippen LogP) is 3.48. The van der Waals surface area contributed by atoms with Gasteiger partial charge in [0.25, 0.3) is 5.91 Å². The molecule has 0 radical (unpaired) electrons. The number of amidine groups is 1. The van der Waals surface area contributed by atoms with Crippen molar-refractivity contribution in [3.05, 3.63) is 92.1 Å². The van der Waals surface area contributed by atoms with Crippen LogP contribution in [0.5, 0.6) is 0 Å². The van der Waals surface area contributed by atoms with E-state index < -0.39 is 0 Å². The van der Waals surface area contributed by atoms with Crippen LogP contribution in [0.3, 0.4) is 0 Å². The molecule has 5 rings (SSSR count). The average molecular weight is 439 g/mol. The number of benzene rings is 2. The van der Waals surface area contributed by atoms with Crippen molar-refractivity contribution in [3.63, 3.8) is 0 Å². The predicted molar refractivity (Wildman–Crippen MR) is 118 cm³/mol. The van der Waals surface area contributed by atoms with E-state index in [9.17, 15) is 4.79 Å². The van der Waals surface area contributed by atoms with Crippen LogP contribution >= 0.6 is 34.7 Å². The van der Waals surface area contributed by atoms with Gasteiger partial charge in [0.1, 0.15) is 5.70 Å². The molecule has 2 aromatic carbocycles. The standard InChI is InChI=1S/C21H15ClN4OS2/c22-16-7-3-1-5-13(16)12-29-21-24-20(27)18-15-6-2-4-8-17(15)23-19(26(18)25-21)14-9-10-28-11-14/h1-11,19H,12H2,(H,24,25,27)/t19-/m0/s1. The Morgan fingerprint density at radius 1 is 1.14 bits per heavy atom. The average Bonchev–Trinajstić information content (AvgIpc) is 3.27. The van der Waals surface area contributed by atoms with Crippen LogP contribution in [0.4, 0.5) is 0 Å². The number of thioether (sulfide) groups is 1. The molecule has 8 heteroatoms. The Bertz CT molecular complexity index is 1240. The van der Waals surface area contributed by atoms with Gasteiger partial charge in [0.2, 0.25) is 0 Å². The van der Waals surface area contributed by atoms with E-state index >= 15 is 0 Å². The van der Waals surface area contributed by atoms with Gasteiger partial charge in [-0.2, -0.15) is 11.3 Å². The van der Waals surface area contributed by atoms with Gasteiger partial charge in [0, 0.05) is 21.6 Å². The molecule has 0 aliphatic carbocycles. The van der Waals surface area contributed by atoms with Crippen molar-refractivity contribution in [2.24, 2.45) is 10.1 Å². The van der Waals surface area contributed by atoms with Crippen molar-refractivity contribution in [1.29, 1.82) is 0 Å². The highest BCUT2D eigenvalue weighted by atomic mass is 35.5. The fourth-order valence-electron chi connectivity index (χ4n) is 3.29. The highest BCUT2D eigenvalue weighted by Crippen LogP contribution is 2.32. The zero-order valence-electron chi connectivity index (χ0n) is 15.1. The Hall–Kier alpha value is -2.61. The van der Waals surface area contributed by atoms with Crippen LogP contribution in [0.1, 0.15) is 17.3 Å². The minimum Gasteiger partial charge on any atom is -0.298 e. The van der Waals surface area contributed by atoms with Gasteiger partial charge in [-0.25, -0.2) is 5.01 Å². The lowest BCUT2D eigenvalue weighted by Gasteiger charge is -2.33. The van der Waals surface area contributed by atoms with Crippen LogP contribution in [-0.4, -0.2) is 16.1 Å². The summed E-state index contributed by atoms with van der Waals surface area (Å²) in [6, 6.07) is 17.4. The number of hydrogen-bond acceptors (Lipinski definition) is 6. The Labute approximate surface area is 180 Å². The van der Waals surface area contributed by atoms with Crippen molar-refractivity contribution < 1.29 is 4.79 Å². The lowest BCUT2D eigenvalue weighted by Crippen LogP contribution is -2.50. The Kier molecular flexibility index (Phi) is 4.87. The number of rotatable bonds is 3. The quantitative estimate of drug-likeness (QED) is 0.681. The number of nitrogens with zero attached hydrogens (tertiary/aromatic N) is 3.